The predicted octanol–water partition coefficient (Wildman–Crippen LogP) is 3.13. The zero-order valence-corrected chi connectivity index (χ0v) is 14.5. The third-order valence-electron chi connectivity index (χ3n) is 3.77. The van der Waals surface area contributed by atoms with Gasteiger partial charge in [-0.25, -0.2) is 0 Å². The highest BCUT2D eigenvalue weighted by Gasteiger charge is 2.27. The molecular weight excluding hydrogens is 323 g/mol. The molecule has 1 aliphatic rings. The fourth-order valence-corrected chi connectivity index (χ4v) is 2.91. The summed E-state index contributed by atoms with van der Waals surface area (Å²) < 4.78 is 5.61. The predicted molar refractivity (Wildman–Crippen MR) is 92.1 cm³/mol. The number of carbonyl (C=O) groups excluding carboxylic acids is 1. The van der Waals surface area contributed by atoms with Crippen LogP contribution in [0.1, 0.15) is 25.7 Å². The number of halogens is 2. The second kappa shape index (κ2) is 9.93. The molecule has 1 aromatic carbocycles. The van der Waals surface area contributed by atoms with Crippen LogP contribution in [0.2, 0.25) is 5.02 Å². The largest absolute Gasteiger partial charge is 0.492 e. The lowest BCUT2D eigenvalue weighted by Gasteiger charge is -2.24. The highest BCUT2D eigenvalue weighted by molar-refractivity contribution is 6.32. The summed E-state index contributed by atoms with van der Waals surface area (Å²) in [5.41, 5.74) is 0. The summed E-state index contributed by atoms with van der Waals surface area (Å²) in [6, 6.07) is 7.75. The van der Waals surface area contributed by atoms with E-state index in [1.807, 2.05) is 30.1 Å². The van der Waals surface area contributed by atoms with E-state index in [0.717, 1.165) is 25.9 Å². The average molecular weight is 347 g/mol. The van der Waals surface area contributed by atoms with Gasteiger partial charge in [0.1, 0.15) is 5.75 Å². The monoisotopic (exact) mass is 346 g/mol. The van der Waals surface area contributed by atoms with E-state index in [9.17, 15) is 4.79 Å². The minimum Gasteiger partial charge on any atom is -0.492 e. The fourth-order valence-electron chi connectivity index (χ4n) is 2.72. The van der Waals surface area contributed by atoms with Crippen LogP contribution >= 0.6 is 24.0 Å². The lowest BCUT2D eigenvalue weighted by atomic mass is 10.2. The minimum absolute atomic E-state index is 0. The molecule has 2 rings (SSSR count). The van der Waals surface area contributed by atoms with E-state index in [1.165, 1.54) is 0 Å². The lowest BCUT2D eigenvalue weighted by molar-refractivity contribution is -0.132. The van der Waals surface area contributed by atoms with Crippen molar-refractivity contribution >= 4 is 29.9 Å². The molecule has 1 atom stereocenters. The first-order chi connectivity index (χ1) is 10.2. The van der Waals surface area contributed by atoms with Gasteiger partial charge in [0, 0.05) is 25.6 Å². The Hall–Kier alpha value is -0.970. The van der Waals surface area contributed by atoms with Gasteiger partial charge in [-0.2, -0.15) is 0 Å². The van der Waals surface area contributed by atoms with Crippen molar-refractivity contribution in [2.45, 2.75) is 31.7 Å². The van der Waals surface area contributed by atoms with Gasteiger partial charge >= 0.3 is 0 Å². The SMILES string of the molecule is CNCC1CCCN1C(=O)CCCOc1ccccc1Cl.Cl. The number of likely N-dealkylation sites (N-methyl/N-ethyl adjacent to an activating group) is 1. The number of rotatable bonds is 7. The third kappa shape index (κ3) is 5.34. The van der Waals surface area contributed by atoms with Crippen molar-refractivity contribution in [1.82, 2.24) is 10.2 Å². The van der Waals surface area contributed by atoms with Gasteiger partial charge in [-0.15, -0.1) is 12.4 Å². The van der Waals surface area contributed by atoms with Crippen molar-refractivity contribution in [2.24, 2.45) is 0 Å². The maximum absolute atomic E-state index is 12.2. The molecule has 4 nitrogen and oxygen atoms in total. The first-order valence-corrected chi connectivity index (χ1v) is 7.91. The van der Waals surface area contributed by atoms with Crippen LogP contribution in [0, 0.1) is 0 Å². The Balaban J connectivity index is 0.00000242. The number of benzene rings is 1. The lowest BCUT2D eigenvalue weighted by Crippen LogP contribution is -2.40. The number of carbonyl (C=O) groups is 1. The Labute approximate surface area is 143 Å². The van der Waals surface area contributed by atoms with Gasteiger partial charge in [-0.1, -0.05) is 23.7 Å². The van der Waals surface area contributed by atoms with Crippen molar-refractivity contribution in [3.8, 4) is 5.75 Å². The Morgan fingerprint density at radius 1 is 1.45 bits per heavy atom. The molecule has 1 unspecified atom stereocenters. The molecule has 0 spiro atoms. The molecule has 0 aromatic heterocycles. The van der Waals surface area contributed by atoms with Crippen molar-refractivity contribution in [2.75, 3.05) is 26.7 Å². The second-order valence-corrected chi connectivity index (χ2v) is 5.73. The molecule has 1 N–H and O–H groups in total. The van der Waals surface area contributed by atoms with E-state index in [-0.39, 0.29) is 18.3 Å². The van der Waals surface area contributed by atoms with Crippen LogP contribution in [0.4, 0.5) is 0 Å². The summed E-state index contributed by atoms with van der Waals surface area (Å²) in [6.45, 7) is 2.28. The average Bonchev–Trinajstić information content (AvgIpc) is 2.94. The van der Waals surface area contributed by atoms with E-state index in [0.29, 0.717) is 36.3 Å². The molecule has 0 saturated carbocycles. The Morgan fingerprint density at radius 2 is 2.23 bits per heavy atom. The molecule has 1 saturated heterocycles. The summed E-state index contributed by atoms with van der Waals surface area (Å²) >= 11 is 6.02. The maximum atomic E-state index is 12.2. The van der Waals surface area contributed by atoms with Crippen LogP contribution in [0.5, 0.6) is 5.75 Å². The summed E-state index contributed by atoms with van der Waals surface area (Å²) in [5, 5.41) is 3.76. The van der Waals surface area contributed by atoms with Crippen molar-refractivity contribution < 1.29 is 9.53 Å². The van der Waals surface area contributed by atoms with Gasteiger partial charge in [0.25, 0.3) is 0 Å². The highest BCUT2D eigenvalue weighted by Crippen LogP contribution is 2.23. The molecule has 0 bridgehead atoms. The van der Waals surface area contributed by atoms with Crippen LogP contribution < -0.4 is 10.1 Å². The van der Waals surface area contributed by atoms with E-state index >= 15 is 0 Å². The van der Waals surface area contributed by atoms with Crippen LogP contribution in [-0.2, 0) is 4.79 Å². The first kappa shape index (κ1) is 19.1. The molecule has 1 aromatic rings. The summed E-state index contributed by atoms with van der Waals surface area (Å²) in [5.74, 6) is 0.913. The summed E-state index contributed by atoms with van der Waals surface area (Å²) in [7, 11) is 1.93. The quantitative estimate of drug-likeness (QED) is 0.771. The van der Waals surface area contributed by atoms with Crippen LogP contribution in [0.3, 0.4) is 0 Å². The number of nitrogens with zero attached hydrogens (tertiary/aromatic N) is 1. The van der Waals surface area contributed by atoms with Gasteiger partial charge in [0.15, 0.2) is 0 Å². The number of nitrogens with one attached hydrogen (secondary N) is 1. The topological polar surface area (TPSA) is 41.6 Å². The Morgan fingerprint density at radius 3 is 2.95 bits per heavy atom. The molecular formula is C16H24Cl2N2O2. The molecule has 22 heavy (non-hydrogen) atoms. The molecule has 0 radical (unpaired) electrons. The normalized spacial score (nSPS) is 17.2. The summed E-state index contributed by atoms with van der Waals surface area (Å²) in [4.78, 5) is 14.2. The zero-order chi connectivity index (χ0) is 15.1. The van der Waals surface area contributed by atoms with Crippen molar-refractivity contribution in [1.29, 1.82) is 0 Å². The van der Waals surface area contributed by atoms with E-state index < -0.39 is 0 Å². The van der Waals surface area contributed by atoms with Crippen molar-refractivity contribution in [3.63, 3.8) is 0 Å². The summed E-state index contributed by atoms with van der Waals surface area (Å²) in [6.07, 6.45) is 3.45. The Bertz CT molecular complexity index is 471. The van der Waals surface area contributed by atoms with Crippen molar-refractivity contribution in [3.05, 3.63) is 29.3 Å². The van der Waals surface area contributed by atoms with Crippen LogP contribution in [0.25, 0.3) is 0 Å². The standard InChI is InChI=1S/C16H23ClN2O2.ClH/c1-18-12-13-6-4-10-19(13)16(20)9-5-11-21-15-8-3-2-7-14(15)17;/h2-3,7-8,13,18H,4-6,9-12H2,1H3;1H. The van der Waals surface area contributed by atoms with Crippen LogP contribution in [-0.4, -0.2) is 43.6 Å². The second-order valence-electron chi connectivity index (χ2n) is 5.32. The third-order valence-corrected chi connectivity index (χ3v) is 4.08. The highest BCUT2D eigenvalue weighted by atomic mass is 35.5. The minimum atomic E-state index is 0. The molecule has 1 fully saturated rings. The number of likely N-dealkylation sites (tertiary alicyclic amines) is 1. The number of amides is 1. The molecule has 1 heterocycles. The number of hydrogen-bond donors (Lipinski definition) is 1. The number of ether oxygens (including phenoxy) is 1. The van der Waals surface area contributed by atoms with E-state index in [1.54, 1.807) is 6.07 Å². The molecule has 124 valence electrons. The van der Waals surface area contributed by atoms with Gasteiger partial charge in [-0.05, 0) is 38.4 Å². The molecule has 1 amide bonds. The number of para-hydroxylation sites is 1. The molecule has 1 aliphatic heterocycles. The Kier molecular flexibility index (Phi) is 8.61. The van der Waals surface area contributed by atoms with Gasteiger partial charge in [-0.3, -0.25) is 4.79 Å². The molecule has 6 heteroatoms. The van der Waals surface area contributed by atoms with Gasteiger partial charge in [0.2, 0.25) is 5.91 Å². The first-order valence-electron chi connectivity index (χ1n) is 7.53. The smallest absolute Gasteiger partial charge is 0.222 e. The van der Waals surface area contributed by atoms with Gasteiger partial charge in [0.05, 0.1) is 11.6 Å². The van der Waals surface area contributed by atoms with E-state index in [2.05, 4.69) is 5.32 Å². The fraction of sp³-hybridized carbons (Fsp3) is 0.562. The maximum Gasteiger partial charge on any atom is 0.222 e. The zero-order valence-electron chi connectivity index (χ0n) is 12.9. The van der Waals surface area contributed by atoms with Crippen LogP contribution in [0.15, 0.2) is 24.3 Å². The van der Waals surface area contributed by atoms with Gasteiger partial charge < -0.3 is 15.0 Å². The molecule has 0 aliphatic carbocycles. The van der Waals surface area contributed by atoms with E-state index in [4.69, 9.17) is 16.3 Å². The number of hydrogen-bond acceptors (Lipinski definition) is 3.